The van der Waals surface area contributed by atoms with Crippen molar-refractivity contribution in [1.82, 2.24) is 4.72 Å². The van der Waals surface area contributed by atoms with Crippen molar-refractivity contribution < 1.29 is 27.8 Å². The van der Waals surface area contributed by atoms with E-state index in [2.05, 4.69) is 4.72 Å². The summed E-state index contributed by atoms with van der Waals surface area (Å²) in [5, 5.41) is 17.6. The van der Waals surface area contributed by atoms with E-state index >= 15 is 0 Å². The molecule has 21 heavy (non-hydrogen) atoms. The number of carboxylic acids is 1. The van der Waals surface area contributed by atoms with Crippen molar-refractivity contribution in [1.29, 1.82) is 0 Å². The molecule has 0 bridgehead atoms. The number of benzene rings is 1. The standard InChI is InChI=1S/C13H18FNO5S/c1-8(4-3-5-16)15-21(19,20)12-7-10(13(17)18)6-11(14)9(12)2/h6-8,15-16H,3-5H2,1-2H3,(H,17,18). The molecule has 3 N–H and O–H groups in total. The van der Waals surface area contributed by atoms with Gasteiger partial charge in [0.1, 0.15) is 5.82 Å². The fourth-order valence-electron chi connectivity index (χ4n) is 1.84. The van der Waals surface area contributed by atoms with E-state index < -0.39 is 38.3 Å². The fraction of sp³-hybridized carbons (Fsp3) is 0.462. The van der Waals surface area contributed by atoms with Gasteiger partial charge in [-0.05, 0) is 38.8 Å². The van der Waals surface area contributed by atoms with Gasteiger partial charge in [-0.15, -0.1) is 0 Å². The Bertz CT molecular complexity index is 630. The van der Waals surface area contributed by atoms with Crippen LogP contribution in [0.25, 0.3) is 0 Å². The third kappa shape index (κ3) is 4.48. The predicted octanol–water partition coefficient (Wildman–Crippen LogP) is 1.27. The monoisotopic (exact) mass is 319 g/mol. The first-order chi connectivity index (χ1) is 9.69. The number of carboxylic acid groups (broad SMARTS) is 1. The molecule has 8 heteroatoms. The summed E-state index contributed by atoms with van der Waals surface area (Å²) in [6, 6.07) is 1.26. The van der Waals surface area contributed by atoms with Crippen molar-refractivity contribution in [3.8, 4) is 0 Å². The van der Waals surface area contributed by atoms with Crippen molar-refractivity contribution in [2.45, 2.75) is 37.6 Å². The van der Waals surface area contributed by atoms with Crippen molar-refractivity contribution in [3.05, 3.63) is 29.1 Å². The number of sulfonamides is 1. The van der Waals surface area contributed by atoms with E-state index in [4.69, 9.17) is 10.2 Å². The molecule has 0 saturated heterocycles. The molecule has 118 valence electrons. The van der Waals surface area contributed by atoms with Crippen LogP contribution in [0.1, 0.15) is 35.7 Å². The van der Waals surface area contributed by atoms with Crippen LogP contribution in [0.2, 0.25) is 0 Å². The zero-order valence-corrected chi connectivity index (χ0v) is 12.6. The Kier molecular flexibility index (Phi) is 5.82. The first-order valence-electron chi connectivity index (χ1n) is 6.35. The minimum atomic E-state index is -4.03. The van der Waals surface area contributed by atoms with Crippen LogP contribution in [-0.4, -0.2) is 37.2 Å². The minimum absolute atomic E-state index is 0.0613. The average Bonchev–Trinajstić information content (AvgIpc) is 2.38. The maximum Gasteiger partial charge on any atom is 0.335 e. The lowest BCUT2D eigenvalue weighted by Crippen LogP contribution is -2.33. The van der Waals surface area contributed by atoms with Gasteiger partial charge in [-0.1, -0.05) is 0 Å². The van der Waals surface area contributed by atoms with E-state index in [1.165, 1.54) is 6.92 Å². The summed E-state index contributed by atoms with van der Waals surface area (Å²) in [7, 11) is -4.03. The largest absolute Gasteiger partial charge is 0.478 e. The second kappa shape index (κ2) is 6.97. The van der Waals surface area contributed by atoms with Crippen LogP contribution in [0.15, 0.2) is 17.0 Å². The van der Waals surface area contributed by atoms with Crippen LogP contribution >= 0.6 is 0 Å². The molecule has 0 aromatic heterocycles. The molecule has 1 aromatic rings. The third-order valence-electron chi connectivity index (χ3n) is 2.98. The molecule has 0 amide bonds. The summed E-state index contributed by atoms with van der Waals surface area (Å²) in [4.78, 5) is 10.5. The Morgan fingerprint density at radius 3 is 2.57 bits per heavy atom. The minimum Gasteiger partial charge on any atom is -0.478 e. The molecule has 0 fully saturated rings. The van der Waals surface area contributed by atoms with Gasteiger partial charge in [0, 0.05) is 18.2 Å². The van der Waals surface area contributed by atoms with E-state index in [9.17, 15) is 17.6 Å². The molecule has 1 atom stereocenters. The van der Waals surface area contributed by atoms with Crippen LogP contribution < -0.4 is 4.72 Å². The van der Waals surface area contributed by atoms with Crippen LogP contribution in [0.5, 0.6) is 0 Å². The van der Waals surface area contributed by atoms with Gasteiger partial charge in [-0.2, -0.15) is 0 Å². The highest BCUT2D eigenvalue weighted by Crippen LogP contribution is 2.21. The summed E-state index contributed by atoms with van der Waals surface area (Å²) in [6.07, 6.45) is 0.835. The molecule has 0 heterocycles. The van der Waals surface area contributed by atoms with Gasteiger partial charge in [0.05, 0.1) is 10.5 Å². The Balaban J connectivity index is 3.16. The second-order valence-corrected chi connectivity index (χ2v) is 6.46. The van der Waals surface area contributed by atoms with E-state index in [1.807, 2.05) is 0 Å². The van der Waals surface area contributed by atoms with Crippen LogP contribution in [0.3, 0.4) is 0 Å². The quantitative estimate of drug-likeness (QED) is 0.702. The van der Waals surface area contributed by atoms with Gasteiger partial charge in [0.15, 0.2) is 0 Å². The number of nitrogens with one attached hydrogen (secondary N) is 1. The van der Waals surface area contributed by atoms with Crippen LogP contribution in [0.4, 0.5) is 4.39 Å². The van der Waals surface area contributed by atoms with E-state index in [0.717, 1.165) is 12.1 Å². The molecule has 1 rings (SSSR count). The fourth-order valence-corrected chi connectivity index (χ4v) is 3.40. The lowest BCUT2D eigenvalue weighted by atomic mass is 10.1. The number of hydrogen-bond acceptors (Lipinski definition) is 4. The van der Waals surface area contributed by atoms with E-state index in [-0.39, 0.29) is 12.2 Å². The molecule has 0 aliphatic rings. The molecule has 0 aliphatic carbocycles. The van der Waals surface area contributed by atoms with Crippen molar-refractivity contribution in [2.24, 2.45) is 0 Å². The van der Waals surface area contributed by atoms with Crippen molar-refractivity contribution >= 4 is 16.0 Å². The topological polar surface area (TPSA) is 104 Å². The zero-order valence-electron chi connectivity index (χ0n) is 11.8. The van der Waals surface area contributed by atoms with Gasteiger partial charge in [-0.25, -0.2) is 22.3 Å². The molecular formula is C13H18FNO5S. The molecule has 6 nitrogen and oxygen atoms in total. The molecule has 0 radical (unpaired) electrons. The van der Waals surface area contributed by atoms with Gasteiger partial charge in [0.2, 0.25) is 10.0 Å². The number of carbonyl (C=O) groups is 1. The van der Waals surface area contributed by atoms with Crippen molar-refractivity contribution in [3.63, 3.8) is 0 Å². The van der Waals surface area contributed by atoms with E-state index in [0.29, 0.717) is 12.8 Å². The molecule has 1 unspecified atom stereocenters. The van der Waals surface area contributed by atoms with Crippen LogP contribution in [0, 0.1) is 12.7 Å². The van der Waals surface area contributed by atoms with Gasteiger partial charge in [-0.3, -0.25) is 0 Å². The van der Waals surface area contributed by atoms with Crippen molar-refractivity contribution in [2.75, 3.05) is 6.61 Å². The highest BCUT2D eigenvalue weighted by atomic mass is 32.2. The third-order valence-corrected chi connectivity index (χ3v) is 4.70. The van der Waals surface area contributed by atoms with Crippen LogP contribution in [-0.2, 0) is 10.0 Å². The number of rotatable bonds is 7. The molecular weight excluding hydrogens is 301 g/mol. The number of aliphatic hydroxyl groups is 1. The maximum atomic E-state index is 13.7. The number of hydrogen-bond donors (Lipinski definition) is 3. The summed E-state index contributed by atoms with van der Waals surface area (Å²) < 4.78 is 40.5. The Morgan fingerprint density at radius 1 is 1.43 bits per heavy atom. The first-order valence-corrected chi connectivity index (χ1v) is 7.84. The van der Waals surface area contributed by atoms with Gasteiger partial charge in [0.25, 0.3) is 0 Å². The molecule has 1 aromatic carbocycles. The molecule has 0 saturated carbocycles. The lowest BCUT2D eigenvalue weighted by molar-refractivity contribution is 0.0696. The Labute approximate surface area is 122 Å². The summed E-state index contributed by atoms with van der Waals surface area (Å²) >= 11 is 0. The summed E-state index contributed by atoms with van der Waals surface area (Å²) in [5.74, 6) is -2.29. The Hall–Kier alpha value is -1.51. The normalized spacial score (nSPS) is 13.1. The lowest BCUT2D eigenvalue weighted by Gasteiger charge is -2.15. The highest BCUT2D eigenvalue weighted by Gasteiger charge is 2.23. The van der Waals surface area contributed by atoms with Gasteiger partial charge >= 0.3 is 5.97 Å². The van der Waals surface area contributed by atoms with E-state index in [1.54, 1.807) is 6.92 Å². The van der Waals surface area contributed by atoms with Gasteiger partial charge < -0.3 is 10.2 Å². The SMILES string of the molecule is Cc1c(F)cc(C(=O)O)cc1S(=O)(=O)NC(C)CCCO. The smallest absolute Gasteiger partial charge is 0.335 e. The average molecular weight is 319 g/mol. The Morgan fingerprint density at radius 2 is 2.05 bits per heavy atom. The predicted molar refractivity (Wildman–Crippen MR) is 74.2 cm³/mol. The molecule has 0 spiro atoms. The number of halogens is 1. The zero-order chi connectivity index (χ0) is 16.2. The number of aliphatic hydroxyl groups excluding tert-OH is 1. The number of aromatic carboxylic acids is 1. The highest BCUT2D eigenvalue weighted by molar-refractivity contribution is 7.89. The molecule has 0 aliphatic heterocycles. The first kappa shape index (κ1) is 17.5. The second-order valence-electron chi connectivity index (χ2n) is 4.77. The maximum absolute atomic E-state index is 13.7. The summed E-state index contributed by atoms with van der Waals surface area (Å²) in [6.45, 7) is 2.82. The summed E-state index contributed by atoms with van der Waals surface area (Å²) in [5.41, 5.74) is -0.566.